The van der Waals surface area contributed by atoms with Gasteiger partial charge in [0.1, 0.15) is 18.1 Å². The molecule has 0 atom stereocenters. The normalized spacial score (nSPS) is 10.5. The average molecular weight is 302 g/mol. The number of amides is 1. The van der Waals surface area contributed by atoms with Crippen LogP contribution in [-0.4, -0.2) is 19.1 Å². The molecule has 1 aromatic heterocycles. The van der Waals surface area contributed by atoms with Crippen molar-refractivity contribution in [2.45, 2.75) is 26.7 Å². The van der Waals surface area contributed by atoms with Crippen LogP contribution in [0.2, 0.25) is 0 Å². The molecule has 0 radical (unpaired) electrons. The zero-order valence-corrected chi connectivity index (χ0v) is 13.0. The van der Waals surface area contributed by atoms with E-state index < -0.39 is 0 Å². The van der Waals surface area contributed by atoms with E-state index in [1.807, 2.05) is 19.9 Å². The van der Waals surface area contributed by atoms with Crippen LogP contribution in [0.25, 0.3) is 0 Å². The van der Waals surface area contributed by atoms with E-state index >= 15 is 0 Å². The Balaban J connectivity index is 2.03. The van der Waals surface area contributed by atoms with Crippen molar-refractivity contribution < 1.29 is 13.9 Å². The van der Waals surface area contributed by atoms with Crippen LogP contribution in [0.1, 0.15) is 35.7 Å². The zero-order chi connectivity index (χ0) is 15.9. The van der Waals surface area contributed by atoms with E-state index in [1.54, 1.807) is 24.3 Å². The number of benzene rings is 1. The number of anilines is 1. The molecule has 0 bridgehead atoms. The summed E-state index contributed by atoms with van der Waals surface area (Å²) in [5.74, 6) is 1.70. The van der Waals surface area contributed by atoms with Crippen LogP contribution in [0.4, 0.5) is 5.69 Å². The van der Waals surface area contributed by atoms with Crippen LogP contribution < -0.4 is 15.8 Å². The number of ether oxygens (including phenoxy) is 1. The molecule has 5 nitrogen and oxygen atoms in total. The van der Waals surface area contributed by atoms with Gasteiger partial charge in [-0.1, -0.05) is 13.8 Å². The van der Waals surface area contributed by atoms with E-state index in [1.165, 1.54) is 0 Å². The molecule has 2 aromatic rings. The second-order valence-electron chi connectivity index (χ2n) is 4.88. The molecule has 0 saturated carbocycles. The van der Waals surface area contributed by atoms with Gasteiger partial charge in [-0.25, -0.2) is 0 Å². The molecule has 0 aliphatic carbocycles. The molecule has 5 heteroatoms. The van der Waals surface area contributed by atoms with Crippen LogP contribution in [0.5, 0.6) is 5.75 Å². The van der Waals surface area contributed by atoms with Crippen LogP contribution >= 0.6 is 0 Å². The molecule has 3 N–H and O–H groups in total. The minimum Gasteiger partial charge on any atom is -0.492 e. The van der Waals surface area contributed by atoms with Crippen molar-refractivity contribution in [1.29, 1.82) is 0 Å². The fourth-order valence-corrected chi connectivity index (χ4v) is 2.18. The first-order valence-electron chi connectivity index (χ1n) is 7.53. The lowest BCUT2D eigenvalue weighted by molar-refractivity contribution is 0.0995. The molecule has 0 aliphatic rings. The zero-order valence-electron chi connectivity index (χ0n) is 13.0. The van der Waals surface area contributed by atoms with Crippen molar-refractivity contribution in [2.24, 2.45) is 5.73 Å². The number of nitrogens with two attached hydrogens (primary N) is 1. The van der Waals surface area contributed by atoms with Gasteiger partial charge in [0.25, 0.3) is 5.91 Å². The van der Waals surface area contributed by atoms with Gasteiger partial charge in [0.05, 0.1) is 0 Å². The highest BCUT2D eigenvalue weighted by molar-refractivity contribution is 6.02. The number of furan rings is 1. The number of nitrogens with one attached hydrogen (secondary N) is 1. The first-order chi connectivity index (χ1) is 10.7. The average Bonchev–Trinajstić information content (AvgIpc) is 2.97. The second-order valence-corrected chi connectivity index (χ2v) is 4.88. The van der Waals surface area contributed by atoms with Gasteiger partial charge in [-0.3, -0.25) is 4.79 Å². The van der Waals surface area contributed by atoms with Crippen molar-refractivity contribution in [3.05, 3.63) is 47.4 Å². The molecule has 1 heterocycles. The Morgan fingerprint density at radius 1 is 1.23 bits per heavy atom. The maximum Gasteiger partial charge on any atom is 0.291 e. The highest BCUT2D eigenvalue weighted by Crippen LogP contribution is 2.20. The Morgan fingerprint density at radius 3 is 2.50 bits per heavy atom. The van der Waals surface area contributed by atoms with Crippen molar-refractivity contribution in [2.75, 3.05) is 18.5 Å². The third-order valence-corrected chi connectivity index (χ3v) is 3.32. The smallest absolute Gasteiger partial charge is 0.291 e. The van der Waals surface area contributed by atoms with Gasteiger partial charge in [0.15, 0.2) is 5.76 Å². The lowest BCUT2D eigenvalue weighted by atomic mass is 10.1. The molecular weight excluding hydrogens is 280 g/mol. The predicted molar refractivity (Wildman–Crippen MR) is 86.4 cm³/mol. The number of carbonyl (C=O) groups excluding carboxylic acids is 1. The van der Waals surface area contributed by atoms with Crippen molar-refractivity contribution in [3.63, 3.8) is 0 Å². The fraction of sp³-hybridized carbons (Fsp3) is 0.353. The van der Waals surface area contributed by atoms with E-state index in [2.05, 4.69) is 5.32 Å². The second kappa shape index (κ2) is 7.66. The molecule has 0 saturated heterocycles. The first-order valence-corrected chi connectivity index (χ1v) is 7.53. The summed E-state index contributed by atoms with van der Waals surface area (Å²) in [6, 6.07) is 8.97. The molecule has 1 amide bonds. The van der Waals surface area contributed by atoms with Gasteiger partial charge in [-0.05, 0) is 42.3 Å². The van der Waals surface area contributed by atoms with E-state index in [9.17, 15) is 4.79 Å². The maximum atomic E-state index is 12.2. The monoisotopic (exact) mass is 302 g/mol. The third-order valence-electron chi connectivity index (χ3n) is 3.32. The largest absolute Gasteiger partial charge is 0.492 e. The van der Waals surface area contributed by atoms with E-state index in [0.29, 0.717) is 24.6 Å². The van der Waals surface area contributed by atoms with Gasteiger partial charge in [-0.15, -0.1) is 0 Å². The standard InChI is InChI=1S/C17H22N2O3/c1-3-12-11-16(22-15(12)4-2)17(20)19-13-5-7-14(8-6-13)21-10-9-18/h5-8,11H,3-4,9-10,18H2,1-2H3,(H,19,20). The summed E-state index contributed by atoms with van der Waals surface area (Å²) in [7, 11) is 0. The summed E-state index contributed by atoms with van der Waals surface area (Å²) in [4.78, 5) is 12.2. The van der Waals surface area contributed by atoms with Crippen LogP contribution in [0.3, 0.4) is 0 Å². The quantitative estimate of drug-likeness (QED) is 0.824. The Morgan fingerprint density at radius 2 is 1.95 bits per heavy atom. The van der Waals surface area contributed by atoms with Crippen LogP contribution in [0.15, 0.2) is 34.7 Å². The lowest BCUT2D eigenvalue weighted by Gasteiger charge is -2.06. The summed E-state index contributed by atoms with van der Waals surface area (Å²) in [5, 5.41) is 2.82. The Labute approximate surface area is 130 Å². The summed E-state index contributed by atoms with van der Waals surface area (Å²) in [6.07, 6.45) is 1.64. The third kappa shape index (κ3) is 3.89. The minimum absolute atomic E-state index is 0.245. The highest BCUT2D eigenvalue weighted by Gasteiger charge is 2.15. The molecule has 22 heavy (non-hydrogen) atoms. The van der Waals surface area contributed by atoms with E-state index in [-0.39, 0.29) is 5.91 Å². The van der Waals surface area contributed by atoms with Crippen LogP contribution in [-0.2, 0) is 12.8 Å². The summed E-state index contributed by atoms with van der Waals surface area (Å²) >= 11 is 0. The molecule has 0 spiro atoms. The molecule has 0 aliphatic heterocycles. The topological polar surface area (TPSA) is 77.5 Å². The highest BCUT2D eigenvalue weighted by atomic mass is 16.5. The SMILES string of the molecule is CCc1cc(C(=O)Nc2ccc(OCCN)cc2)oc1CC. The van der Waals surface area contributed by atoms with E-state index in [4.69, 9.17) is 14.9 Å². The van der Waals surface area contributed by atoms with Crippen molar-refractivity contribution in [3.8, 4) is 5.75 Å². The number of aryl methyl sites for hydroxylation is 2. The molecular formula is C17H22N2O3. The molecule has 1 aromatic carbocycles. The summed E-state index contributed by atoms with van der Waals surface area (Å²) in [5.41, 5.74) is 7.16. The number of carbonyl (C=O) groups is 1. The molecule has 0 fully saturated rings. The molecule has 0 unspecified atom stereocenters. The number of rotatable bonds is 7. The van der Waals surface area contributed by atoms with E-state index in [0.717, 1.165) is 29.9 Å². The number of hydrogen-bond donors (Lipinski definition) is 2. The Kier molecular flexibility index (Phi) is 5.61. The Hall–Kier alpha value is -2.27. The first kappa shape index (κ1) is 16.1. The van der Waals surface area contributed by atoms with Gasteiger partial charge < -0.3 is 20.2 Å². The van der Waals surface area contributed by atoms with Crippen molar-refractivity contribution >= 4 is 11.6 Å². The van der Waals surface area contributed by atoms with Gasteiger partial charge in [0.2, 0.25) is 0 Å². The molecule has 2 rings (SSSR count). The number of hydrogen-bond acceptors (Lipinski definition) is 4. The van der Waals surface area contributed by atoms with Crippen molar-refractivity contribution in [1.82, 2.24) is 0 Å². The Bertz CT molecular complexity index is 596. The minimum atomic E-state index is -0.245. The van der Waals surface area contributed by atoms with Gasteiger partial charge in [-0.2, -0.15) is 0 Å². The lowest BCUT2D eigenvalue weighted by Crippen LogP contribution is -2.12. The van der Waals surface area contributed by atoms with Crippen LogP contribution in [0, 0.1) is 0 Å². The summed E-state index contributed by atoms with van der Waals surface area (Å²) < 4.78 is 11.0. The maximum absolute atomic E-state index is 12.2. The fourth-order valence-electron chi connectivity index (χ4n) is 2.18. The summed E-state index contributed by atoms with van der Waals surface area (Å²) in [6.45, 7) is 5.00. The molecule has 118 valence electrons. The predicted octanol–water partition coefficient (Wildman–Crippen LogP) is 2.99. The van der Waals surface area contributed by atoms with Gasteiger partial charge >= 0.3 is 0 Å². The van der Waals surface area contributed by atoms with Gasteiger partial charge in [0, 0.05) is 18.7 Å².